The summed E-state index contributed by atoms with van der Waals surface area (Å²) in [7, 11) is 0. The average Bonchev–Trinajstić information content (AvgIpc) is 2.99. The summed E-state index contributed by atoms with van der Waals surface area (Å²) in [4.78, 5) is 0. The van der Waals surface area contributed by atoms with Crippen molar-refractivity contribution in [3.63, 3.8) is 0 Å². The monoisotopic (exact) mass is 256 g/mol. The Hall–Kier alpha value is -1.68. The lowest BCUT2D eigenvalue weighted by molar-refractivity contribution is 0.462. The standard InChI is InChI=1S/C15H20N4/c16-9-14(11-5-1-2-6-11)18-15-10-17-19-13-8-4-3-7-12(13)15/h3-4,7-8,10-11,14H,1-2,5-6,9,16H2,(H,18,19). The molecule has 3 N–H and O–H groups in total. The number of rotatable bonds is 4. The second kappa shape index (κ2) is 5.53. The minimum absolute atomic E-state index is 0.343. The lowest BCUT2D eigenvalue weighted by Crippen LogP contribution is -2.35. The van der Waals surface area contributed by atoms with E-state index in [1.165, 1.54) is 25.7 Å². The predicted octanol–water partition coefficient (Wildman–Crippen LogP) is 2.56. The lowest BCUT2D eigenvalue weighted by Gasteiger charge is -2.24. The number of benzene rings is 1. The van der Waals surface area contributed by atoms with Crippen LogP contribution in [0.25, 0.3) is 10.9 Å². The molecule has 4 heteroatoms. The highest BCUT2D eigenvalue weighted by Gasteiger charge is 2.24. The van der Waals surface area contributed by atoms with Crippen molar-refractivity contribution in [2.75, 3.05) is 11.9 Å². The van der Waals surface area contributed by atoms with Crippen LogP contribution in [0.5, 0.6) is 0 Å². The molecular formula is C15H20N4. The van der Waals surface area contributed by atoms with E-state index >= 15 is 0 Å². The van der Waals surface area contributed by atoms with Gasteiger partial charge in [-0.25, -0.2) is 0 Å². The van der Waals surface area contributed by atoms with Crippen LogP contribution in [0.3, 0.4) is 0 Å². The third kappa shape index (κ3) is 2.54. The fourth-order valence-electron chi connectivity index (χ4n) is 3.05. The van der Waals surface area contributed by atoms with E-state index in [2.05, 4.69) is 21.6 Å². The van der Waals surface area contributed by atoms with Gasteiger partial charge in [-0.3, -0.25) is 0 Å². The molecule has 4 nitrogen and oxygen atoms in total. The Morgan fingerprint density at radius 1 is 1.26 bits per heavy atom. The van der Waals surface area contributed by atoms with Gasteiger partial charge in [0.05, 0.1) is 17.4 Å². The number of anilines is 1. The summed E-state index contributed by atoms with van der Waals surface area (Å²) in [5.41, 5.74) is 7.92. The zero-order valence-corrected chi connectivity index (χ0v) is 11.0. The molecule has 1 heterocycles. The number of aromatic nitrogens is 2. The molecule has 2 aromatic rings. The van der Waals surface area contributed by atoms with Gasteiger partial charge in [-0.15, -0.1) is 0 Å². The Kier molecular flexibility index (Phi) is 3.60. The molecule has 100 valence electrons. The van der Waals surface area contributed by atoms with Crippen molar-refractivity contribution in [3.05, 3.63) is 30.5 Å². The van der Waals surface area contributed by atoms with Crippen LogP contribution in [0.2, 0.25) is 0 Å². The van der Waals surface area contributed by atoms with E-state index in [9.17, 15) is 0 Å². The second-order valence-corrected chi connectivity index (χ2v) is 5.31. The normalized spacial score (nSPS) is 17.7. The van der Waals surface area contributed by atoms with Crippen LogP contribution in [0.4, 0.5) is 5.69 Å². The van der Waals surface area contributed by atoms with Gasteiger partial charge < -0.3 is 11.1 Å². The maximum Gasteiger partial charge on any atom is 0.0950 e. The van der Waals surface area contributed by atoms with Crippen LogP contribution < -0.4 is 11.1 Å². The number of nitrogens with zero attached hydrogens (tertiary/aromatic N) is 2. The molecule has 1 saturated carbocycles. The summed E-state index contributed by atoms with van der Waals surface area (Å²) in [6.07, 6.45) is 7.03. The molecule has 1 aliphatic rings. The van der Waals surface area contributed by atoms with Gasteiger partial charge in [0.2, 0.25) is 0 Å². The maximum absolute atomic E-state index is 5.95. The fraction of sp³-hybridized carbons (Fsp3) is 0.467. The second-order valence-electron chi connectivity index (χ2n) is 5.31. The summed E-state index contributed by atoms with van der Waals surface area (Å²) >= 11 is 0. The highest BCUT2D eigenvalue weighted by atomic mass is 15.1. The molecule has 1 aromatic carbocycles. The number of hydrogen-bond donors (Lipinski definition) is 2. The Bertz CT molecular complexity index is 543. The van der Waals surface area contributed by atoms with Gasteiger partial charge in [0, 0.05) is 18.0 Å². The zero-order valence-electron chi connectivity index (χ0n) is 11.0. The summed E-state index contributed by atoms with van der Waals surface area (Å²) in [6, 6.07) is 8.42. The number of nitrogens with two attached hydrogens (primary N) is 1. The Morgan fingerprint density at radius 3 is 2.84 bits per heavy atom. The first kappa shape index (κ1) is 12.4. The molecule has 1 aliphatic carbocycles. The predicted molar refractivity (Wildman–Crippen MR) is 78.0 cm³/mol. The number of fused-ring (bicyclic) bond motifs is 1. The molecule has 0 saturated heterocycles. The minimum Gasteiger partial charge on any atom is -0.379 e. The van der Waals surface area contributed by atoms with Crippen LogP contribution in [-0.4, -0.2) is 22.8 Å². The van der Waals surface area contributed by atoms with Crippen LogP contribution in [-0.2, 0) is 0 Å². The van der Waals surface area contributed by atoms with Crippen LogP contribution in [0.1, 0.15) is 25.7 Å². The van der Waals surface area contributed by atoms with Crippen molar-refractivity contribution >= 4 is 16.6 Å². The molecule has 0 amide bonds. The van der Waals surface area contributed by atoms with E-state index in [1.807, 2.05) is 18.2 Å². The molecule has 1 unspecified atom stereocenters. The Labute approximate surface area is 113 Å². The highest BCUT2D eigenvalue weighted by Crippen LogP contribution is 2.30. The summed E-state index contributed by atoms with van der Waals surface area (Å²) in [6.45, 7) is 0.668. The van der Waals surface area contributed by atoms with E-state index in [1.54, 1.807) is 6.20 Å². The Balaban J connectivity index is 1.87. The van der Waals surface area contributed by atoms with Crippen molar-refractivity contribution in [1.82, 2.24) is 10.2 Å². The molecular weight excluding hydrogens is 236 g/mol. The first-order chi connectivity index (χ1) is 9.38. The fourth-order valence-corrected chi connectivity index (χ4v) is 3.05. The zero-order chi connectivity index (χ0) is 13.1. The number of hydrogen-bond acceptors (Lipinski definition) is 4. The topological polar surface area (TPSA) is 63.8 Å². The molecule has 3 rings (SSSR count). The average molecular weight is 256 g/mol. The molecule has 0 aliphatic heterocycles. The Morgan fingerprint density at radius 2 is 2.05 bits per heavy atom. The molecule has 19 heavy (non-hydrogen) atoms. The first-order valence-corrected chi connectivity index (χ1v) is 7.05. The van der Waals surface area contributed by atoms with Crippen molar-refractivity contribution in [1.29, 1.82) is 0 Å². The van der Waals surface area contributed by atoms with E-state index < -0.39 is 0 Å². The van der Waals surface area contributed by atoms with E-state index in [0.717, 1.165) is 16.6 Å². The van der Waals surface area contributed by atoms with E-state index in [4.69, 9.17) is 5.73 Å². The van der Waals surface area contributed by atoms with Gasteiger partial charge in [-0.2, -0.15) is 10.2 Å². The van der Waals surface area contributed by atoms with Crippen molar-refractivity contribution < 1.29 is 0 Å². The lowest BCUT2D eigenvalue weighted by atomic mass is 9.98. The number of nitrogens with one attached hydrogen (secondary N) is 1. The summed E-state index contributed by atoms with van der Waals surface area (Å²) in [5, 5.41) is 12.9. The highest BCUT2D eigenvalue weighted by molar-refractivity contribution is 5.90. The van der Waals surface area contributed by atoms with E-state index in [-0.39, 0.29) is 0 Å². The molecule has 1 atom stereocenters. The smallest absolute Gasteiger partial charge is 0.0950 e. The minimum atomic E-state index is 0.343. The van der Waals surface area contributed by atoms with Gasteiger partial charge in [0.25, 0.3) is 0 Å². The van der Waals surface area contributed by atoms with Crippen LogP contribution in [0, 0.1) is 5.92 Å². The SMILES string of the molecule is NCC(Nc1cnnc2ccccc12)C1CCCC1. The molecule has 0 bridgehead atoms. The molecule has 0 radical (unpaired) electrons. The van der Waals surface area contributed by atoms with Gasteiger partial charge in [0.1, 0.15) is 0 Å². The summed E-state index contributed by atoms with van der Waals surface area (Å²) < 4.78 is 0. The largest absolute Gasteiger partial charge is 0.379 e. The van der Waals surface area contributed by atoms with Crippen LogP contribution in [0.15, 0.2) is 30.5 Å². The summed E-state index contributed by atoms with van der Waals surface area (Å²) in [5.74, 6) is 0.692. The quantitative estimate of drug-likeness (QED) is 0.882. The van der Waals surface area contributed by atoms with Crippen LogP contribution >= 0.6 is 0 Å². The van der Waals surface area contributed by atoms with Gasteiger partial charge in [0.15, 0.2) is 0 Å². The van der Waals surface area contributed by atoms with Crippen molar-refractivity contribution in [3.8, 4) is 0 Å². The van der Waals surface area contributed by atoms with Gasteiger partial charge in [-0.1, -0.05) is 31.0 Å². The maximum atomic E-state index is 5.95. The van der Waals surface area contributed by atoms with Gasteiger partial charge in [-0.05, 0) is 24.8 Å². The molecule has 0 spiro atoms. The first-order valence-electron chi connectivity index (χ1n) is 7.05. The molecule has 1 aromatic heterocycles. The molecule has 1 fully saturated rings. The third-order valence-corrected chi connectivity index (χ3v) is 4.11. The van der Waals surface area contributed by atoms with Crippen molar-refractivity contribution in [2.45, 2.75) is 31.7 Å². The van der Waals surface area contributed by atoms with Crippen molar-refractivity contribution in [2.24, 2.45) is 11.7 Å². The third-order valence-electron chi connectivity index (χ3n) is 4.11. The van der Waals surface area contributed by atoms with E-state index in [0.29, 0.717) is 18.5 Å². The van der Waals surface area contributed by atoms with Gasteiger partial charge >= 0.3 is 0 Å².